The third kappa shape index (κ3) is 6.78. The molecule has 1 aromatic carbocycles. The van der Waals surface area contributed by atoms with Gasteiger partial charge in [0, 0.05) is 0 Å². The Hall–Kier alpha value is -0.724. The van der Waals surface area contributed by atoms with E-state index >= 15 is 0 Å². The zero-order valence-corrected chi connectivity index (χ0v) is 20.3. The van der Waals surface area contributed by atoms with Crippen LogP contribution in [0.3, 0.4) is 0 Å². The van der Waals surface area contributed by atoms with Crippen LogP contribution in [-0.4, -0.2) is 14.9 Å². The number of aryl methyl sites for hydroxylation is 1. The van der Waals surface area contributed by atoms with Crippen molar-refractivity contribution in [3.05, 3.63) is 65.8 Å². The summed E-state index contributed by atoms with van der Waals surface area (Å²) in [5.74, 6) is 0.877. The van der Waals surface area contributed by atoms with Crippen molar-refractivity contribution in [2.75, 3.05) is 0 Å². The van der Waals surface area contributed by atoms with Crippen molar-refractivity contribution in [1.82, 2.24) is 14.9 Å². The second-order valence-electron chi connectivity index (χ2n) is 8.23. The van der Waals surface area contributed by atoms with Gasteiger partial charge in [0.15, 0.2) is 0 Å². The first-order chi connectivity index (χ1) is 11.6. The van der Waals surface area contributed by atoms with E-state index in [9.17, 15) is 0 Å². The first-order valence-corrected chi connectivity index (χ1v) is 8.46. The van der Waals surface area contributed by atoms with Crippen LogP contribution in [0.15, 0.2) is 40.9 Å². The van der Waals surface area contributed by atoms with Crippen LogP contribution in [0.5, 0.6) is 0 Å². The largest absolute Gasteiger partial charge is 1.00 e. The van der Waals surface area contributed by atoms with Gasteiger partial charge in [-0.1, -0.05) is 77.6 Å². The standard InChI is InChI=1S/C14H17N2.C7H10NO.K/c1-11-5-7-12(8-6-11)16-10-9-13(15-16)14(2,3)4;1-7(2,3)6-4-5-8-9-6;/h5-9H,1-4H3;4H,1-3H3;/q2*-1;+1. The molecule has 0 atom stereocenters. The molecule has 0 bridgehead atoms. The molecule has 3 aromatic rings. The molecule has 0 fully saturated rings. The molecule has 0 aliphatic heterocycles. The number of rotatable bonds is 1. The van der Waals surface area contributed by atoms with E-state index in [1.54, 1.807) is 10.7 Å². The molecule has 134 valence electrons. The average Bonchev–Trinajstić information content (AvgIpc) is 3.19. The molecule has 0 amide bonds. The number of hydrogen-bond acceptors (Lipinski definition) is 3. The van der Waals surface area contributed by atoms with Crippen LogP contribution in [0.1, 0.15) is 58.6 Å². The summed E-state index contributed by atoms with van der Waals surface area (Å²) in [6, 6.07) is 12.0. The number of aromatic nitrogens is 3. The fourth-order valence-corrected chi connectivity index (χ4v) is 2.01. The van der Waals surface area contributed by atoms with Crippen LogP contribution in [-0.2, 0) is 10.8 Å². The van der Waals surface area contributed by atoms with Crippen LogP contribution in [0, 0.1) is 19.3 Å². The maximum Gasteiger partial charge on any atom is 1.00 e. The Bertz CT molecular complexity index is 776. The summed E-state index contributed by atoms with van der Waals surface area (Å²) in [4.78, 5) is 0. The van der Waals surface area contributed by atoms with Gasteiger partial charge in [0.05, 0.1) is 0 Å². The van der Waals surface area contributed by atoms with Gasteiger partial charge >= 0.3 is 51.4 Å². The summed E-state index contributed by atoms with van der Waals surface area (Å²) in [6.07, 6.45) is 5.77. The number of hydrogen-bond donors (Lipinski definition) is 0. The Labute approximate surface area is 199 Å². The van der Waals surface area contributed by atoms with E-state index in [0.717, 1.165) is 17.1 Å². The van der Waals surface area contributed by atoms with E-state index < -0.39 is 0 Å². The zero-order chi connectivity index (χ0) is 18.7. The number of nitrogens with zero attached hydrogens (tertiary/aromatic N) is 3. The average molecular weight is 377 g/mol. The molecule has 5 heteroatoms. The summed E-state index contributed by atoms with van der Waals surface area (Å²) in [6.45, 7) is 14.8. The van der Waals surface area contributed by atoms with E-state index in [1.807, 2.05) is 6.07 Å². The molecule has 0 radical (unpaired) electrons. The van der Waals surface area contributed by atoms with Gasteiger partial charge in [-0.25, -0.2) is 5.16 Å². The van der Waals surface area contributed by atoms with E-state index in [-0.39, 0.29) is 62.2 Å². The third-order valence-electron chi connectivity index (χ3n) is 3.71. The van der Waals surface area contributed by atoms with E-state index in [4.69, 9.17) is 4.52 Å². The molecule has 2 aromatic heterocycles. The van der Waals surface area contributed by atoms with Crippen LogP contribution in [0.2, 0.25) is 0 Å². The van der Waals surface area contributed by atoms with Gasteiger partial charge in [0.25, 0.3) is 0 Å². The molecule has 0 unspecified atom stereocenters. The van der Waals surface area contributed by atoms with Crippen molar-refractivity contribution in [3.63, 3.8) is 0 Å². The zero-order valence-electron chi connectivity index (χ0n) is 17.2. The van der Waals surface area contributed by atoms with Crippen molar-refractivity contribution in [2.24, 2.45) is 0 Å². The molecule has 0 N–H and O–H groups in total. The van der Waals surface area contributed by atoms with Gasteiger partial charge in [-0.05, 0) is 34.9 Å². The predicted molar refractivity (Wildman–Crippen MR) is 99.9 cm³/mol. The quantitative estimate of drug-likeness (QED) is 0.482. The smallest absolute Gasteiger partial charge is 0.470 e. The molecule has 26 heavy (non-hydrogen) atoms. The van der Waals surface area contributed by atoms with Crippen LogP contribution < -0.4 is 51.4 Å². The number of benzene rings is 1. The second kappa shape index (κ2) is 9.47. The van der Waals surface area contributed by atoms with Gasteiger partial charge < -0.3 is 9.20 Å². The molecule has 4 nitrogen and oxygen atoms in total. The summed E-state index contributed by atoms with van der Waals surface area (Å²) in [5, 5.41) is 8.03. The fourth-order valence-electron chi connectivity index (χ4n) is 2.01. The molecular weight excluding hydrogens is 349 g/mol. The minimum atomic E-state index is 0. The maximum atomic E-state index is 4.89. The van der Waals surface area contributed by atoms with Crippen molar-refractivity contribution < 1.29 is 55.9 Å². The Morgan fingerprint density at radius 3 is 1.92 bits per heavy atom. The minimum absolute atomic E-state index is 0. The third-order valence-corrected chi connectivity index (χ3v) is 3.71. The molecule has 0 spiro atoms. The molecule has 0 saturated carbocycles. The van der Waals surface area contributed by atoms with Gasteiger partial charge in [-0.2, -0.15) is 6.07 Å². The Morgan fingerprint density at radius 2 is 1.54 bits per heavy atom. The Kier molecular flexibility index (Phi) is 8.49. The molecule has 0 aliphatic carbocycles. The van der Waals surface area contributed by atoms with Crippen LogP contribution in [0.25, 0.3) is 5.69 Å². The van der Waals surface area contributed by atoms with Gasteiger partial charge in [-0.3, -0.25) is 5.10 Å². The molecule has 0 saturated heterocycles. The molecule has 3 rings (SSSR count). The van der Waals surface area contributed by atoms with E-state index in [0.29, 0.717) is 0 Å². The first-order valence-electron chi connectivity index (χ1n) is 8.46. The summed E-state index contributed by atoms with van der Waals surface area (Å²) < 4.78 is 6.70. The van der Waals surface area contributed by atoms with Crippen LogP contribution >= 0.6 is 0 Å². The van der Waals surface area contributed by atoms with E-state index in [1.165, 1.54) is 5.56 Å². The van der Waals surface area contributed by atoms with E-state index in [2.05, 4.69) is 95.4 Å². The normalized spacial score (nSPS) is 11.3. The molecular formula is C21H27KN3O-. The molecule has 2 heterocycles. The Morgan fingerprint density at radius 1 is 0.923 bits per heavy atom. The topological polar surface area (TPSA) is 43.9 Å². The van der Waals surface area contributed by atoms with Gasteiger partial charge in [-0.15, -0.1) is 12.3 Å². The van der Waals surface area contributed by atoms with Crippen LogP contribution in [0.4, 0.5) is 0 Å². The first kappa shape index (κ1) is 23.3. The van der Waals surface area contributed by atoms with Crippen molar-refractivity contribution >= 4 is 0 Å². The maximum absolute atomic E-state index is 4.89. The Balaban J connectivity index is 0.000000290. The second-order valence-corrected chi connectivity index (χ2v) is 8.23. The summed E-state index contributed by atoms with van der Waals surface area (Å²) in [7, 11) is 0. The van der Waals surface area contributed by atoms with Crippen molar-refractivity contribution in [2.45, 2.75) is 59.3 Å². The summed E-state index contributed by atoms with van der Waals surface area (Å²) >= 11 is 0. The fraction of sp³-hybridized carbons (Fsp3) is 0.429. The predicted octanol–water partition coefficient (Wildman–Crippen LogP) is 2.05. The van der Waals surface area contributed by atoms with Gasteiger partial charge in [0.1, 0.15) is 0 Å². The van der Waals surface area contributed by atoms with Crippen molar-refractivity contribution in [1.29, 1.82) is 0 Å². The summed E-state index contributed by atoms with van der Waals surface area (Å²) in [5.41, 5.74) is 3.51. The SMILES string of the molecule is CC(C)(C)c1c[c-]no1.Cc1ccc(-n2[c-]cc(C(C)(C)C)n2)cc1.[K+]. The molecule has 0 aliphatic rings. The van der Waals surface area contributed by atoms with Gasteiger partial charge in [0.2, 0.25) is 0 Å². The van der Waals surface area contributed by atoms with Crippen molar-refractivity contribution in [3.8, 4) is 5.69 Å². The minimum Gasteiger partial charge on any atom is -0.470 e. The monoisotopic (exact) mass is 376 g/mol.